The Kier molecular flexibility index (Phi) is 5.23. The lowest BCUT2D eigenvalue weighted by molar-refractivity contribution is 0.464. The third kappa shape index (κ3) is 3.92. The number of rotatable bonds is 6. The minimum Gasteiger partial charge on any atom is -0.269 e. The maximum Gasteiger partial charge on any atom is 0.0723 e. The molecule has 2 nitrogen and oxygen atoms in total. The fourth-order valence-corrected chi connectivity index (χ4v) is 3.64. The van der Waals surface area contributed by atoms with Crippen LogP contribution in [0.15, 0.2) is 12.3 Å². The molecular weight excluding hydrogens is 252 g/mol. The van der Waals surface area contributed by atoms with E-state index >= 15 is 0 Å². The van der Waals surface area contributed by atoms with Crippen LogP contribution in [0.1, 0.15) is 50.8 Å². The highest BCUT2D eigenvalue weighted by Crippen LogP contribution is 2.29. The van der Waals surface area contributed by atoms with E-state index in [2.05, 4.69) is 29.0 Å². The van der Waals surface area contributed by atoms with Gasteiger partial charge in [-0.2, -0.15) is 16.9 Å². The third-order valence-corrected chi connectivity index (χ3v) is 4.88. The number of nitrogens with zero attached hydrogens (tertiary/aromatic N) is 2. The van der Waals surface area contributed by atoms with Crippen LogP contribution in [-0.2, 0) is 5.75 Å². The molecule has 1 aliphatic carbocycles. The van der Waals surface area contributed by atoms with Gasteiger partial charge in [0.15, 0.2) is 0 Å². The molecule has 0 spiro atoms. The van der Waals surface area contributed by atoms with Gasteiger partial charge >= 0.3 is 0 Å². The molecule has 0 aliphatic heterocycles. The van der Waals surface area contributed by atoms with Crippen LogP contribution in [-0.4, -0.2) is 20.9 Å². The smallest absolute Gasteiger partial charge is 0.0723 e. The van der Waals surface area contributed by atoms with E-state index < -0.39 is 0 Å². The van der Waals surface area contributed by atoms with Crippen molar-refractivity contribution in [2.75, 3.05) is 5.88 Å². The average Bonchev–Trinajstić information content (AvgIpc) is 2.97. The van der Waals surface area contributed by atoms with Crippen LogP contribution in [0.3, 0.4) is 0 Å². The highest BCUT2D eigenvalue weighted by Gasteiger charge is 2.17. The summed E-state index contributed by atoms with van der Waals surface area (Å²) in [6, 6.07) is 2.83. The van der Waals surface area contributed by atoms with Crippen molar-refractivity contribution in [2.24, 2.45) is 0 Å². The predicted molar refractivity (Wildman–Crippen MR) is 75.8 cm³/mol. The molecule has 1 unspecified atom stereocenters. The van der Waals surface area contributed by atoms with E-state index in [1.54, 1.807) is 0 Å². The first kappa shape index (κ1) is 13.3. The van der Waals surface area contributed by atoms with Crippen molar-refractivity contribution in [1.82, 2.24) is 9.78 Å². The second kappa shape index (κ2) is 6.69. The number of aromatic nitrogens is 2. The molecule has 2 rings (SSSR count). The van der Waals surface area contributed by atoms with E-state index in [-0.39, 0.29) is 0 Å². The SMILES string of the molecule is CC(CCCl)SCc1ccn(C2CCCC2)n1. The normalized spacial score (nSPS) is 18.7. The predicted octanol–water partition coefficient (Wildman–Crippen LogP) is 4.25. The molecule has 4 heteroatoms. The zero-order valence-electron chi connectivity index (χ0n) is 10.4. The van der Waals surface area contributed by atoms with E-state index in [1.165, 1.54) is 31.4 Å². The molecule has 1 saturated carbocycles. The Labute approximate surface area is 113 Å². The Bertz CT molecular complexity index is 334. The summed E-state index contributed by atoms with van der Waals surface area (Å²) in [5, 5.41) is 5.32. The van der Waals surface area contributed by atoms with Crippen LogP contribution in [0.4, 0.5) is 0 Å². The van der Waals surface area contributed by atoms with Crippen molar-refractivity contribution in [1.29, 1.82) is 0 Å². The second-order valence-electron chi connectivity index (χ2n) is 4.82. The van der Waals surface area contributed by atoms with Gasteiger partial charge in [0.1, 0.15) is 0 Å². The van der Waals surface area contributed by atoms with Crippen molar-refractivity contribution >= 4 is 23.4 Å². The molecule has 0 aromatic carbocycles. The Morgan fingerprint density at radius 1 is 1.53 bits per heavy atom. The van der Waals surface area contributed by atoms with Crippen LogP contribution in [0.2, 0.25) is 0 Å². The molecule has 0 N–H and O–H groups in total. The maximum atomic E-state index is 5.74. The largest absolute Gasteiger partial charge is 0.269 e. The Morgan fingerprint density at radius 3 is 3.00 bits per heavy atom. The molecule has 1 heterocycles. The summed E-state index contributed by atoms with van der Waals surface area (Å²) in [6.45, 7) is 2.24. The molecule has 1 atom stereocenters. The van der Waals surface area contributed by atoms with Crippen molar-refractivity contribution in [3.05, 3.63) is 18.0 Å². The van der Waals surface area contributed by atoms with Crippen LogP contribution in [0.5, 0.6) is 0 Å². The molecular formula is C13H21ClN2S. The fraction of sp³-hybridized carbons (Fsp3) is 0.769. The van der Waals surface area contributed by atoms with E-state index in [4.69, 9.17) is 11.6 Å². The van der Waals surface area contributed by atoms with Crippen molar-refractivity contribution in [2.45, 2.75) is 56.1 Å². The van der Waals surface area contributed by atoms with Crippen LogP contribution < -0.4 is 0 Å². The topological polar surface area (TPSA) is 17.8 Å². The van der Waals surface area contributed by atoms with Gasteiger partial charge in [0, 0.05) is 23.1 Å². The highest BCUT2D eigenvalue weighted by atomic mass is 35.5. The lowest BCUT2D eigenvalue weighted by atomic mass is 10.3. The number of thioether (sulfide) groups is 1. The summed E-state index contributed by atoms with van der Waals surface area (Å²) in [6.07, 6.45) is 8.56. The van der Waals surface area contributed by atoms with Gasteiger partial charge in [-0.15, -0.1) is 11.6 Å². The minimum atomic E-state index is 0.629. The minimum absolute atomic E-state index is 0.629. The molecule has 96 valence electrons. The highest BCUT2D eigenvalue weighted by molar-refractivity contribution is 7.99. The summed E-state index contributed by atoms with van der Waals surface area (Å²) in [4.78, 5) is 0. The van der Waals surface area contributed by atoms with Crippen molar-refractivity contribution in [3.8, 4) is 0 Å². The summed E-state index contributed by atoms with van der Waals surface area (Å²) in [5.41, 5.74) is 1.21. The van der Waals surface area contributed by atoms with E-state index in [0.29, 0.717) is 11.3 Å². The number of alkyl halides is 1. The number of hydrogen-bond acceptors (Lipinski definition) is 2. The molecule has 0 saturated heterocycles. The van der Waals surface area contributed by atoms with Gasteiger partial charge < -0.3 is 0 Å². The summed E-state index contributed by atoms with van der Waals surface area (Å²) < 4.78 is 2.18. The van der Waals surface area contributed by atoms with Crippen LogP contribution in [0.25, 0.3) is 0 Å². The van der Waals surface area contributed by atoms with Crippen molar-refractivity contribution < 1.29 is 0 Å². The van der Waals surface area contributed by atoms with Gasteiger partial charge in [-0.25, -0.2) is 0 Å². The van der Waals surface area contributed by atoms with E-state index in [0.717, 1.165) is 18.1 Å². The first-order valence-corrected chi connectivity index (χ1v) is 8.09. The lowest BCUT2D eigenvalue weighted by Gasteiger charge is -2.09. The van der Waals surface area contributed by atoms with Gasteiger partial charge in [0.25, 0.3) is 0 Å². The van der Waals surface area contributed by atoms with E-state index in [9.17, 15) is 0 Å². The molecule has 1 aromatic heterocycles. The van der Waals surface area contributed by atoms with Gasteiger partial charge in [-0.3, -0.25) is 4.68 Å². The second-order valence-corrected chi connectivity index (χ2v) is 6.63. The summed E-state index contributed by atoms with van der Waals surface area (Å²) in [5.74, 6) is 1.77. The Morgan fingerprint density at radius 2 is 2.29 bits per heavy atom. The third-order valence-electron chi connectivity index (χ3n) is 3.39. The van der Waals surface area contributed by atoms with Gasteiger partial charge in [-0.05, 0) is 25.3 Å². The summed E-state index contributed by atoms with van der Waals surface area (Å²) >= 11 is 7.68. The lowest BCUT2D eigenvalue weighted by Crippen LogP contribution is -2.05. The molecule has 1 aliphatic rings. The van der Waals surface area contributed by atoms with Crippen LogP contribution >= 0.6 is 23.4 Å². The Balaban J connectivity index is 1.81. The van der Waals surface area contributed by atoms with E-state index in [1.807, 2.05) is 11.8 Å². The van der Waals surface area contributed by atoms with Gasteiger partial charge in [0.05, 0.1) is 11.7 Å². The molecule has 0 amide bonds. The molecule has 1 aromatic rings. The standard InChI is InChI=1S/C13H21ClN2S/c1-11(6-8-14)17-10-12-7-9-16(15-12)13-4-2-3-5-13/h7,9,11,13H,2-6,8,10H2,1H3. The van der Waals surface area contributed by atoms with Gasteiger partial charge in [-0.1, -0.05) is 19.8 Å². The molecule has 0 radical (unpaired) electrons. The molecule has 1 fully saturated rings. The molecule has 0 bridgehead atoms. The maximum absolute atomic E-state index is 5.74. The summed E-state index contributed by atoms with van der Waals surface area (Å²) in [7, 11) is 0. The average molecular weight is 273 g/mol. The number of halogens is 1. The van der Waals surface area contributed by atoms with Crippen molar-refractivity contribution in [3.63, 3.8) is 0 Å². The fourth-order valence-electron chi connectivity index (χ4n) is 2.29. The molecule has 17 heavy (non-hydrogen) atoms. The monoisotopic (exact) mass is 272 g/mol. The van der Waals surface area contributed by atoms with Crippen LogP contribution in [0, 0.1) is 0 Å². The first-order valence-electron chi connectivity index (χ1n) is 6.51. The Hall–Kier alpha value is -0.150. The first-order chi connectivity index (χ1) is 8.29. The van der Waals surface area contributed by atoms with Gasteiger partial charge in [0.2, 0.25) is 0 Å². The zero-order chi connectivity index (χ0) is 12.1. The quantitative estimate of drug-likeness (QED) is 0.721. The number of hydrogen-bond donors (Lipinski definition) is 0. The zero-order valence-corrected chi connectivity index (χ0v) is 12.0.